The molecular formula is C20H26Cl2N2O5. The Kier molecular flexibility index (Phi) is 8.16. The number of nitrogens with one attached hydrogen (secondary N) is 2. The van der Waals surface area contributed by atoms with Gasteiger partial charge in [0.15, 0.2) is 5.75 Å². The van der Waals surface area contributed by atoms with Gasteiger partial charge >= 0.3 is 12.1 Å². The molecule has 1 unspecified atom stereocenters. The Balaban J connectivity index is 1.98. The van der Waals surface area contributed by atoms with Gasteiger partial charge in [0, 0.05) is 18.0 Å². The summed E-state index contributed by atoms with van der Waals surface area (Å²) >= 11 is 12.4. The van der Waals surface area contributed by atoms with Crippen molar-refractivity contribution in [3.63, 3.8) is 0 Å². The van der Waals surface area contributed by atoms with Crippen LogP contribution in [-0.4, -0.2) is 30.6 Å². The van der Waals surface area contributed by atoms with Crippen molar-refractivity contribution in [3.05, 3.63) is 22.2 Å². The summed E-state index contributed by atoms with van der Waals surface area (Å²) in [4.78, 5) is 35.5. The van der Waals surface area contributed by atoms with E-state index in [1.807, 2.05) is 6.92 Å². The largest absolute Gasteiger partial charge is 0.461 e. The molecule has 2 rings (SSSR count). The van der Waals surface area contributed by atoms with Crippen LogP contribution >= 0.6 is 23.2 Å². The van der Waals surface area contributed by atoms with Gasteiger partial charge in [-0.1, -0.05) is 49.4 Å². The molecule has 2 N–H and O–H groups in total. The van der Waals surface area contributed by atoms with Crippen LogP contribution in [0.15, 0.2) is 12.1 Å². The third-order valence-electron chi connectivity index (χ3n) is 4.86. The van der Waals surface area contributed by atoms with E-state index < -0.39 is 23.6 Å². The summed E-state index contributed by atoms with van der Waals surface area (Å²) in [7, 11) is 0. The van der Waals surface area contributed by atoms with Crippen molar-refractivity contribution in [1.29, 1.82) is 0 Å². The molecule has 1 saturated carbocycles. The fourth-order valence-corrected chi connectivity index (χ4v) is 3.82. The number of carbonyl (C=O) groups excluding carboxylic acids is 3. The molecule has 1 aromatic carbocycles. The van der Waals surface area contributed by atoms with Crippen molar-refractivity contribution in [1.82, 2.24) is 5.32 Å². The molecule has 0 aromatic heterocycles. The lowest BCUT2D eigenvalue weighted by Crippen LogP contribution is -2.35. The summed E-state index contributed by atoms with van der Waals surface area (Å²) in [5.41, 5.74) is 0.0262. The van der Waals surface area contributed by atoms with Gasteiger partial charge in [-0.05, 0) is 31.9 Å². The molecule has 7 nitrogen and oxygen atoms in total. The molecule has 0 spiro atoms. The number of hydrogen-bond donors (Lipinski definition) is 2. The van der Waals surface area contributed by atoms with Gasteiger partial charge < -0.3 is 20.1 Å². The van der Waals surface area contributed by atoms with E-state index in [1.165, 1.54) is 19.1 Å². The SMILES string of the molecule is CC(=O)OC(C)CNC(=O)Oc1c(Cl)cc(NC(=O)C2(C)CCCCC2)cc1Cl. The lowest BCUT2D eigenvalue weighted by Gasteiger charge is -2.32. The molecule has 1 atom stereocenters. The first-order valence-corrected chi connectivity index (χ1v) is 10.3. The van der Waals surface area contributed by atoms with Crippen molar-refractivity contribution in [2.45, 2.75) is 59.0 Å². The van der Waals surface area contributed by atoms with E-state index >= 15 is 0 Å². The van der Waals surface area contributed by atoms with Crippen LogP contribution in [0, 0.1) is 5.41 Å². The monoisotopic (exact) mass is 444 g/mol. The summed E-state index contributed by atoms with van der Waals surface area (Å²) < 4.78 is 10.1. The maximum atomic E-state index is 12.7. The molecule has 1 aromatic rings. The van der Waals surface area contributed by atoms with Gasteiger partial charge in [0.1, 0.15) is 6.10 Å². The Morgan fingerprint density at radius 3 is 2.28 bits per heavy atom. The predicted molar refractivity (Wildman–Crippen MR) is 112 cm³/mol. The average Bonchev–Trinajstić information content (AvgIpc) is 2.63. The summed E-state index contributed by atoms with van der Waals surface area (Å²) in [6.45, 7) is 4.94. The fraction of sp³-hybridized carbons (Fsp3) is 0.550. The van der Waals surface area contributed by atoms with Crippen LogP contribution in [0.5, 0.6) is 5.75 Å². The number of anilines is 1. The van der Waals surface area contributed by atoms with Gasteiger partial charge in [0.2, 0.25) is 5.91 Å². The van der Waals surface area contributed by atoms with E-state index in [4.69, 9.17) is 32.7 Å². The Labute approximate surface area is 180 Å². The lowest BCUT2D eigenvalue weighted by atomic mass is 9.75. The van der Waals surface area contributed by atoms with Crippen molar-refractivity contribution < 1.29 is 23.9 Å². The van der Waals surface area contributed by atoms with Crippen LogP contribution in [-0.2, 0) is 14.3 Å². The van der Waals surface area contributed by atoms with Crippen LogP contribution in [0.1, 0.15) is 52.9 Å². The first-order valence-electron chi connectivity index (χ1n) is 9.54. The Morgan fingerprint density at radius 2 is 1.72 bits per heavy atom. The molecule has 0 aliphatic heterocycles. The molecule has 1 fully saturated rings. The second-order valence-corrected chi connectivity index (χ2v) is 8.35. The molecule has 29 heavy (non-hydrogen) atoms. The third kappa shape index (κ3) is 6.78. The zero-order chi connectivity index (χ0) is 21.6. The normalized spacial score (nSPS) is 16.4. The molecular weight excluding hydrogens is 419 g/mol. The van der Waals surface area contributed by atoms with Crippen molar-refractivity contribution in [2.24, 2.45) is 5.41 Å². The molecule has 1 aliphatic carbocycles. The third-order valence-corrected chi connectivity index (χ3v) is 5.42. The highest BCUT2D eigenvalue weighted by Crippen LogP contribution is 2.39. The molecule has 2 amide bonds. The first-order chi connectivity index (χ1) is 13.6. The first kappa shape index (κ1) is 23.3. The molecule has 0 heterocycles. The number of carbonyl (C=O) groups is 3. The predicted octanol–water partition coefficient (Wildman–Crippen LogP) is 4.94. The lowest BCUT2D eigenvalue weighted by molar-refractivity contribution is -0.145. The number of rotatable bonds is 6. The van der Waals surface area contributed by atoms with Crippen LogP contribution in [0.2, 0.25) is 10.0 Å². The quantitative estimate of drug-likeness (QED) is 0.605. The van der Waals surface area contributed by atoms with Gasteiger partial charge in [-0.15, -0.1) is 0 Å². The van der Waals surface area contributed by atoms with Crippen molar-refractivity contribution >= 4 is 46.9 Å². The highest BCUT2D eigenvalue weighted by atomic mass is 35.5. The molecule has 0 saturated heterocycles. The minimum Gasteiger partial charge on any atom is -0.461 e. The average molecular weight is 445 g/mol. The maximum absolute atomic E-state index is 12.7. The second kappa shape index (κ2) is 10.2. The minimum absolute atomic E-state index is 0.0205. The van der Waals surface area contributed by atoms with Gasteiger partial charge in [-0.3, -0.25) is 9.59 Å². The number of ether oxygens (including phenoxy) is 2. The van der Waals surface area contributed by atoms with E-state index in [1.54, 1.807) is 6.92 Å². The van der Waals surface area contributed by atoms with Crippen LogP contribution in [0.25, 0.3) is 0 Å². The molecule has 9 heteroatoms. The topological polar surface area (TPSA) is 93.7 Å². The van der Waals surface area contributed by atoms with Gasteiger partial charge in [-0.25, -0.2) is 4.79 Å². The Hall–Kier alpha value is -1.99. The molecule has 0 radical (unpaired) electrons. The van der Waals surface area contributed by atoms with E-state index in [9.17, 15) is 14.4 Å². The summed E-state index contributed by atoms with van der Waals surface area (Å²) in [5, 5.41) is 5.50. The van der Waals surface area contributed by atoms with Crippen LogP contribution in [0.3, 0.4) is 0 Å². The zero-order valence-corrected chi connectivity index (χ0v) is 18.3. The Bertz CT molecular complexity index is 755. The highest BCUT2D eigenvalue weighted by Gasteiger charge is 2.34. The highest BCUT2D eigenvalue weighted by molar-refractivity contribution is 6.38. The molecule has 1 aliphatic rings. The number of hydrogen-bond acceptors (Lipinski definition) is 5. The zero-order valence-electron chi connectivity index (χ0n) is 16.8. The standard InChI is InChI=1S/C20H26Cl2N2O5/c1-12(28-13(2)25)11-23-19(27)29-17-15(21)9-14(10-16(17)22)24-18(26)20(3)7-5-4-6-8-20/h9-10,12H,4-8,11H2,1-3H3,(H,23,27)(H,24,26). The van der Waals surface area contributed by atoms with E-state index in [-0.39, 0.29) is 28.2 Å². The van der Waals surface area contributed by atoms with E-state index in [0.29, 0.717) is 5.69 Å². The minimum atomic E-state index is -0.792. The number of amides is 2. The van der Waals surface area contributed by atoms with E-state index in [0.717, 1.165) is 32.1 Å². The summed E-state index contributed by atoms with van der Waals surface area (Å²) in [5.74, 6) is -0.540. The van der Waals surface area contributed by atoms with E-state index in [2.05, 4.69) is 10.6 Å². The summed E-state index contributed by atoms with van der Waals surface area (Å²) in [6, 6.07) is 2.98. The number of benzene rings is 1. The maximum Gasteiger partial charge on any atom is 0.412 e. The van der Waals surface area contributed by atoms with Crippen LogP contribution in [0.4, 0.5) is 10.5 Å². The van der Waals surface area contributed by atoms with Gasteiger partial charge in [-0.2, -0.15) is 0 Å². The number of halogens is 2. The van der Waals surface area contributed by atoms with Crippen molar-refractivity contribution in [2.75, 3.05) is 11.9 Å². The second-order valence-electron chi connectivity index (χ2n) is 7.53. The smallest absolute Gasteiger partial charge is 0.412 e. The van der Waals surface area contributed by atoms with Gasteiger partial charge in [0.05, 0.1) is 16.6 Å². The number of esters is 1. The summed E-state index contributed by atoms with van der Waals surface area (Å²) in [6.07, 6.45) is 3.59. The Morgan fingerprint density at radius 1 is 1.14 bits per heavy atom. The molecule has 160 valence electrons. The fourth-order valence-electron chi connectivity index (χ4n) is 3.25. The van der Waals surface area contributed by atoms with Crippen molar-refractivity contribution in [3.8, 4) is 5.75 Å². The van der Waals surface area contributed by atoms with Gasteiger partial charge in [0.25, 0.3) is 0 Å². The molecule has 0 bridgehead atoms. The van der Waals surface area contributed by atoms with Crippen LogP contribution < -0.4 is 15.4 Å².